The second kappa shape index (κ2) is 4.18. The molecule has 0 radical (unpaired) electrons. The molecule has 20 heavy (non-hydrogen) atoms. The normalized spacial score (nSPS) is 32.6. The van der Waals surface area contributed by atoms with Gasteiger partial charge in [0.15, 0.2) is 5.82 Å². The molecule has 1 N–H and O–H groups in total. The zero-order valence-corrected chi connectivity index (χ0v) is 10.6. The maximum atomic E-state index is 12.4. The molecule has 6 nitrogen and oxygen atoms in total. The van der Waals surface area contributed by atoms with Crippen LogP contribution in [0, 0.1) is 0 Å². The van der Waals surface area contributed by atoms with Gasteiger partial charge in [0, 0.05) is 13.1 Å². The first-order chi connectivity index (χ1) is 9.33. The number of fused-ring (bicyclic) bond motifs is 2. The third-order valence-corrected chi connectivity index (χ3v) is 3.95. The quantitative estimate of drug-likeness (QED) is 0.810. The van der Waals surface area contributed by atoms with Crippen molar-refractivity contribution in [3.05, 3.63) is 12.2 Å². The van der Waals surface area contributed by atoms with Crippen molar-refractivity contribution >= 4 is 5.97 Å². The molecule has 0 amide bonds. The smallest absolute Gasteiger partial charge is 0.453 e. The van der Waals surface area contributed by atoms with Crippen molar-refractivity contribution in [2.24, 2.45) is 7.05 Å². The molecule has 3 atom stereocenters. The topological polar surface area (TPSA) is 69.0 Å². The lowest BCUT2D eigenvalue weighted by molar-refractivity contribution is -0.216. The van der Waals surface area contributed by atoms with Crippen LogP contribution in [0.1, 0.15) is 25.1 Å². The van der Waals surface area contributed by atoms with E-state index in [0.717, 1.165) is 0 Å². The number of alkyl halides is 3. The van der Waals surface area contributed by atoms with Crippen LogP contribution in [-0.4, -0.2) is 39.1 Å². The van der Waals surface area contributed by atoms with Crippen LogP contribution in [0.4, 0.5) is 13.2 Å². The minimum Gasteiger partial charge on any atom is -0.453 e. The molecular formula is C11H13F3N4O2. The second-order valence-corrected chi connectivity index (χ2v) is 5.19. The maximum absolute atomic E-state index is 12.4. The molecule has 1 aromatic heterocycles. The van der Waals surface area contributed by atoms with E-state index in [0.29, 0.717) is 25.1 Å². The van der Waals surface area contributed by atoms with Gasteiger partial charge in [0.05, 0.1) is 0 Å². The molecule has 3 unspecified atom stereocenters. The summed E-state index contributed by atoms with van der Waals surface area (Å²) in [5.74, 6) is -1.66. The number of esters is 1. The van der Waals surface area contributed by atoms with Gasteiger partial charge in [-0.1, -0.05) is 0 Å². The monoisotopic (exact) mass is 290 g/mol. The number of halogens is 3. The van der Waals surface area contributed by atoms with Crippen LogP contribution in [-0.2, 0) is 22.1 Å². The lowest BCUT2D eigenvalue weighted by Crippen LogP contribution is -2.72. The average molecular weight is 290 g/mol. The molecule has 1 aliphatic carbocycles. The average Bonchev–Trinajstić information content (AvgIpc) is 2.73. The Kier molecular flexibility index (Phi) is 2.79. The molecule has 3 aliphatic rings. The van der Waals surface area contributed by atoms with Crippen molar-refractivity contribution in [1.29, 1.82) is 0 Å². The van der Waals surface area contributed by atoms with E-state index in [1.165, 1.54) is 11.0 Å². The van der Waals surface area contributed by atoms with Gasteiger partial charge in [0.2, 0.25) is 0 Å². The Morgan fingerprint density at radius 3 is 2.80 bits per heavy atom. The fraction of sp³-hybridized carbons (Fsp3) is 0.727. The minimum absolute atomic E-state index is 0.229. The van der Waals surface area contributed by atoms with Crippen LogP contribution in [0.3, 0.4) is 0 Å². The Labute approximate surface area is 112 Å². The first-order valence-electron chi connectivity index (χ1n) is 6.23. The van der Waals surface area contributed by atoms with E-state index in [9.17, 15) is 18.0 Å². The maximum Gasteiger partial charge on any atom is 0.490 e. The summed E-state index contributed by atoms with van der Waals surface area (Å²) in [5, 5.41) is 7.10. The van der Waals surface area contributed by atoms with E-state index in [1.54, 1.807) is 7.05 Å². The van der Waals surface area contributed by atoms with Gasteiger partial charge in [-0.15, -0.1) is 0 Å². The Balaban J connectivity index is 1.86. The van der Waals surface area contributed by atoms with E-state index in [4.69, 9.17) is 0 Å². The Morgan fingerprint density at radius 2 is 2.25 bits per heavy atom. The van der Waals surface area contributed by atoms with Gasteiger partial charge in [0.25, 0.3) is 0 Å². The van der Waals surface area contributed by atoms with Crippen molar-refractivity contribution in [3.8, 4) is 0 Å². The SMILES string of the molecule is Cn1ncnc1C12CC(CCC1OC(=O)C(F)(F)F)N2. The lowest BCUT2D eigenvalue weighted by atomic mass is 9.68. The van der Waals surface area contributed by atoms with Crippen LogP contribution < -0.4 is 5.32 Å². The number of nitrogens with one attached hydrogen (secondary N) is 1. The number of carbonyl (C=O) groups excluding carboxylic acids is 1. The molecule has 1 aromatic rings. The third-order valence-electron chi connectivity index (χ3n) is 3.95. The highest BCUT2D eigenvalue weighted by molar-refractivity contribution is 5.76. The molecular weight excluding hydrogens is 277 g/mol. The Bertz CT molecular complexity index is 536. The third kappa shape index (κ3) is 1.88. The lowest BCUT2D eigenvalue weighted by Gasteiger charge is -2.56. The minimum atomic E-state index is -4.98. The summed E-state index contributed by atoms with van der Waals surface area (Å²) >= 11 is 0. The molecule has 0 spiro atoms. The van der Waals surface area contributed by atoms with Gasteiger partial charge in [-0.2, -0.15) is 18.3 Å². The molecule has 3 heterocycles. The highest BCUT2D eigenvalue weighted by atomic mass is 19.4. The number of aryl methyl sites for hydroxylation is 1. The number of hydrogen-bond acceptors (Lipinski definition) is 5. The molecule has 2 bridgehead atoms. The number of aromatic nitrogens is 3. The molecule has 1 saturated carbocycles. The van der Waals surface area contributed by atoms with Gasteiger partial charge in [-0.05, 0) is 19.3 Å². The summed E-state index contributed by atoms with van der Waals surface area (Å²) in [6, 6.07) is 0.229. The van der Waals surface area contributed by atoms with E-state index in [-0.39, 0.29) is 6.04 Å². The molecule has 110 valence electrons. The number of ether oxygens (including phenoxy) is 1. The number of rotatable bonds is 2. The predicted octanol–water partition coefficient (Wildman–Crippen LogP) is 0.640. The summed E-state index contributed by atoms with van der Waals surface area (Å²) in [6.45, 7) is 0. The summed E-state index contributed by atoms with van der Waals surface area (Å²) in [4.78, 5) is 15.2. The molecule has 3 fully saturated rings. The van der Waals surface area contributed by atoms with Crippen LogP contribution in [0.15, 0.2) is 6.33 Å². The van der Waals surface area contributed by atoms with E-state index >= 15 is 0 Å². The van der Waals surface area contributed by atoms with E-state index in [1.807, 2.05) is 0 Å². The zero-order valence-electron chi connectivity index (χ0n) is 10.6. The van der Waals surface area contributed by atoms with Crippen molar-refractivity contribution in [3.63, 3.8) is 0 Å². The summed E-state index contributed by atoms with van der Waals surface area (Å²) in [5.41, 5.74) is -0.852. The number of nitrogens with zero attached hydrogens (tertiary/aromatic N) is 3. The Morgan fingerprint density at radius 1 is 1.55 bits per heavy atom. The summed E-state index contributed by atoms with van der Waals surface area (Å²) < 4.78 is 43.3. The first kappa shape index (κ1) is 13.3. The number of carbonyl (C=O) groups is 1. The van der Waals surface area contributed by atoms with Crippen LogP contribution in [0.2, 0.25) is 0 Å². The molecule has 4 rings (SSSR count). The van der Waals surface area contributed by atoms with Crippen molar-refractivity contribution in [2.75, 3.05) is 0 Å². The molecule has 9 heteroatoms. The number of piperidine rings is 1. The van der Waals surface area contributed by atoms with Gasteiger partial charge in [-0.3, -0.25) is 10.00 Å². The van der Waals surface area contributed by atoms with Crippen LogP contribution >= 0.6 is 0 Å². The van der Waals surface area contributed by atoms with E-state index < -0.39 is 23.8 Å². The summed E-state index contributed by atoms with van der Waals surface area (Å²) in [6.07, 6.45) is -2.89. The van der Waals surface area contributed by atoms with Gasteiger partial charge in [-0.25, -0.2) is 9.78 Å². The van der Waals surface area contributed by atoms with Crippen molar-refractivity contribution < 1.29 is 22.7 Å². The largest absolute Gasteiger partial charge is 0.490 e. The Hall–Kier alpha value is -1.64. The summed E-state index contributed by atoms with van der Waals surface area (Å²) in [7, 11) is 1.66. The van der Waals surface area contributed by atoms with Crippen LogP contribution in [0.5, 0.6) is 0 Å². The fourth-order valence-electron chi connectivity index (χ4n) is 3.08. The molecule has 0 aromatic carbocycles. The second-order valence-electron chi connectivity index (χ2n) is 5.19. The first-order valence-corrected chi connectivity index (χ1v) is 6.23. The zero-order chi connectivity index (χ0) is 14.5. The van der Waals surface area contributed by atoms with E-state index in [2.05, 4.69) is 20.1 Å². The van der Waals surface area contributed by atoms with Gasteiger partial charge < -0.3 is 4.74 Å². The van der Waals surface area contributed by atoms with Gasteiger partial charge >= 0.3 is 12.1 Å². The highest BCUT2D eigenvalue weighted by Crippen LogP contribution is 2.46. The van der Waals surface area contributed by atoms with Crippen molar-refractivity contribution in [2.45, 2.75) is 43.1 Å². The number of hydrogen-bond donors (Lipinski definition) is 1. The predicted molar refractivity (Wildman–Crippen MR) is 59.4 cm³/mol. The standard InChI is InChI=1S/C11H13F3N4O2/c1-18-8(15-5-16-18)10-4-6(17-10)2-3-7(10)20-9(19)11(12,13)14/h5-7,17H,2-4H2,1H3. The van der Waals surface area contributed by atoms with Crippen LogP contribution in [0.25, 0.3) is 0 Å². The fourth-order valence-corrected chi connectivity index (χ4v) is 3.08. The molecule has 2 aliphatic heterocycles. The highest BCUT2D eigenvalue weighted by Gasteiger charge is 2.59. The van der Waals surface area contributed by atoms with Crippen molar-refractivity contribution in [1.82, 2.24) is 20.1 Å². The molecule has 2 saturated heterocycles. The van der Waals surface area contributed by atoms with Gasteiger partial charge in [0.1, 0.15) is 18.0 Å².